The van der Waals surface area contributed by atoms with Gasteiger partial charge in [-0.15, -0.1) is 9.46 Å². The Balaban J connectivity index is 1.22. The van der Waals surface area contributed by atoms with Crippen LogP contribution in [0.25, 0.3) is 0 Å². The van der Waals surface area contributed by atoms with Crippen LogP contribution in [0.4, 0.5) is 5.69 Å². The molecule has 59 heavy (non-hydrogen) atoms. The molecule has 4 aromatic rings. The number of methoxy groups -OCH3 is 2. The number of aryl methyl sites for hydroxylation is 2. The van der Waals surface area contributed by atoms with Gasteiger partial charge in [0, 0.05) is 67.8 Å². The van der Waals surface area contributed by atoms with Gasteiger partial charge in [0.25, 0.3) is 11.8 Å². The number of amides is 2. The van der Waals surface area contributed by atoms with Gasteiger partial charge in [-0.1, -0.05) is 36.7 Å². The molecule has 2 aromatic heterocycles. The minimum absolute atomic E-state index is 0.0503. The van der Waals surface area contributed by atoms with Crippen molar-refractivity contribution in [1.29, 1.82) is 0 Å². The average molecular weight is 843 g/mol. The molecule has 0 saturated heterocycles. The molecule has 2 aromatic carbocycles. The molecule has 0 radical (unpaired) electrons. The lowest BCUT2D eigenvalue weighted by Crippen LogP contribution is -2.49. The first-order valence-electron chi connectivity index (χ1n) is 20.2. The van der Waals surface area contributed by atoms with Crippen molar-refractivity contribution in [2.24, 2.45) is 29.2 Å². The van der Waals surface area contributed by atoms with Crippen LogP contribution in [0.1, 0.15) is 70.0 Å². The van der Waals surface area contributed by atoms with Gasteiger partial charge < -0.3 is 23.8 Å². The fraction of sp³-hybridized carbons (Fsp3) is 0.455. The number of ether oxygens (including phenoxy) is 4. The summed E-state index contributed by atoms with van der Waals surface area (Å²) in [6, 6.07) is 15.2. The summed E-state index contributed by atoms with van der Waals surface area (Å²) >= 11 is 6.50. The van der Waals surface area contributed by atoms with E-state index in [0.29, 0.717) is 31.4 Å². The molecule has 1 unspecified atom stereocenters. The molecule has 2 aliphatic heterocycles. The molecule has 1 fully saturated rings. The summed E-state index contributed by atoms with van der Waals surface area (Å²) in [5.41, 5.74) is 4.15. The molecule has 8 rings (SSSR count). The monoisotopic (exact) mass is 842 g/mol. The van der Waals surface area contributed by atoms with Crippen molar-refractivity contribution in [3.63, 3.8) is 0 Å². The summed E-state index contributed by atoms with van der Waals surface area (Å²) in [5, 5.41) is 4.91. The molecule has 4 aliphatic rings. The van der Waals surface area contributed by atoms with Crippen molar-refractivity contribution in [1.82, 2.24) is 19.5 Å². The van der Waals surface area contributed by atoms with Gasteiger partial charge >= 0.3 is 0 Å². The number of carbonyl (C=O) groups is 2. The predicted octanol–water partition coefficient (Wildman–Crippen LogP) is 6.74. The van der Waals surface area contributed by atoms with E-state index in [2.05, 4.69) is 42.3 Å². The van der Waals surface area contributed by atoms with Crippen molar-refractivity contribution in [2.75, 3.05) is 44.6 Å². The zero-order chi connectivity index (χ0) is 41.3. The van der Waals surface area contributed by atoms with Crippen LogP contribution in [0, 0.1) is 17.8 Å². The van der Waals surface area contributed by atoms with E-state index >= 15 is 4.21 Å². The fourth-order valence-electron chi connectivity index (χ4n) is 9.19. The highest BCUT2D eigenvalue weighted by molar-refractivity contribution is 7.92. The standard InChI is InChI=1S/C44H51ClN6O7S/c1-28-25-59(54,49-42(53)35-23-50(2)47-43(35)56-4)48-41(52)31-8-12-40-37(21-31)51(26-44(27-58-40)17-5-6-30-20-33(45)9-11-36(30)44)22-32-7-10-34(32)39(55-3)14-13-38(28)57-24-29-15-18-46-19-16-29/h8-9,11-16,18-21,23,28,32,34,38-39H,5-7,10,17,22,24-27H2,1-4H3,(H,48,49,52,53,54)/b14-13-/t28-,32+,34-,38+,39+,44+,59?/m1/s1. The predicted molar refractivity (Wildman–Crippen MR) is 225 cm³/mol. The van der Waals surface area contributed by atoms with Crippen molar-refractivity contribution in [3.8, 4) is 11.6 Å². The first-order valence-corrected chi connectivity index (χ1v) is 22.2. The van der Waals surface area contributed by atoms with Gasteiger partial charge in [0.15, 0.2) is 0 Å². The minimum Gasteiger partial charge on any atom is -0.490 e. The third-order valence-corrected chi connectivity index (χ3v) is 14.5. The first kappa shape index (κ1) is 41.0. The third kappa shape index (κ3) is 8.63. The summed E-state index contributed by atoms with van der Waals surface area (Å²) < 4.78 is 48.3. The molecule has 15 heteroatoms. The van der Waals surface area contributed by atoms with Gasteiger partial charge in [-0.25, -0.2) is 4.21 Å². The Morgan fingerprint density at radius 2 is 1.90 bits per heavy atom. The van der Waals surface area contributed by atoms with Crippen molar-refractivity contribution < 1.29 is 32.7 Å². The van der Waals surface area contributed by atoms with Gasteiger partial charge in [0.2, 0.25) is 5.88 Å². The average Bonchev–Trinajstić information content (AvgIpc) is 3.53. The van der Waals surface area contributed by atoms with Crippen molar-refractivity contribution in [2.45, 2.75) is 63.3 Å². The van der Waals surface area contributed by atoms with Crippen molar-refractivity contribution >= 4 is 39.0 Å². The second-order valence-corrected chi connectivity index (χ2v) is 18.8. The fourth-order valence-corrected chi connectivity index (χ4v) is 11.3. The van der Waals surface area contributed by atoms with Crippen LogP contribution in [-0.2, 0) is 44.9 Å². The molecular formula is C44H51ClN6O7S. The van der Waals surface area contributed by atoms with E-state index in [-0.39, 0.29) is 46.8 Å². The van der Waals surface area contributed by atoms with Crippen LogP contribution in [0.2, 0.25) is 5.02 Å². The summed E-state index contributed by atoms with van der Waals surface area (Å²) in [4.78, 5) is 34.7. The first-order chi connectivity index (χ1) is 28.5. The maximum absolute atomic E-state index is 15.1. The molecular weight excluding hydrogens is 792 g/mol. The Bertz CT molecular complexity index is 2360. The summed E-state index contributed by atoms with van der Waals surface area (Å²) in [6.07, 6.45) is 13.0. The van der Waals surface area contributed by atoms with Crippen molar-refractivity contribution in [3.05, 3.63) is 112 Å². The summed E-state index contributed by atoms with van der Waals surface area (Å²) in [5.74, 6) is -0.916. The molecule has 4 heterocycles. The van der Waals surface area contributed by atoms with Gasteiger partial charge in [0.05, 0.1) is 44.0 Å². The Labute approximate surface area is 350 Å². The van der Waals surface area contributed by atoms with Gasteiger partial charge in [-0.05, 0) is 103 Å². The van der Waals surface area contributed by atoms with E-state index in [1.165, 1.54) is 29.1 Å². The highest BCUT2D eigenvalue weighted by atomic mass is 35.5. The molecule has 1 saturated carbocycles. The summed E-state index contributed by atoms with van der Waals surface area (Å²) in [6.45, 7) is 3.98. The number of benzene rings is 2. The van der Waals surface area contributed by atoms with Gasteiger partial charge in [0.1, 0.15) is 21.2 Å². The van der Waals surface area contributed by atoms with Crippen LogP contribution in [0.5, 0.6) is 11.6 Å². The Morgan fingerprint density at radius 3 is 2.66 bits per heavy atom. The molecule has 2 amide bonds. The van der Waals surface area contributed by atoms with Crippen LogP contribution in [-0.4, -0.2) is 82.7 Å². The third-order valence-electron chi connectivity index (χ3n) is 12.4. The van der Waals surface area contributed by atoms with E-state index in [0.717, 1.165) is 48.4 Å². The number of hydrogen-bond acceptors (Lipinski definition) is 10. The molecule has 2 bridgehead atoms. The van der Waals surface area contributed by atoms with Crippen LogP contribution in [0.3, 0.4) is 0 Å². The number of nitrogens with one attached hydrogen (secondary N) is 1. The number of fused-ring (bicyclic) bond motifs is 4. The number of halogens is 1. The molecule has 1 N–H and O–H groups in total. The maximum atomic E-state index is 15.1. The zero-order valence-electron chi connectivity index (χ0n) is 33.8. The lowest BCUT2D eigenvalue weighted by atomic mass is 9.68. The number of nitrogens with zero attached hydrogens (tertiary/aromatic N) is 5. The second kappa shape index (κ2) is 17.1. The molecule has 312 valence electrons. The number of aromatic nitrogens is 3. The molecule has 1 spiro atoms. The molecule has 2 aliphatic carbocycles. The highest BCUT2D eigenvalue weighted by Crippen LogP contribution is 2.47. The highest BCUT2D eigenvalue weighted by Gasteiger charge is 2.44. The van der Waals surface area contributed by atoms with Crippen LogP contribution in [0.15, 0.2) is 83.6 Å². The number of carbonyl (C=O) groups excluding carboxylic acids is 2. The zero-order valence-corrected chi connectivity index (χ0v) is 35.4. The lowest BCUT2D eigenvalue weighted by molar-refractivity contribution is 0.0100. The molecule has 13 nitrogen and oxygen atoms in total. The van der Waals surface area contributed by atoms with E-state index in [1.54, 1.807) is 38.7 Å². The number of rotatable bonds is 7. The number of pyridine rings is 1. The topological polar surface area (TPSA) is 146 Å². The van der Waals surface area contributed by atoms with E-state index in [1.807, 2.05) is 37.3 Å². The molecule has 7 atom stereocenters. The smallest absolute Gasteiger partial charge is 0.286 e. The van der Waals surface area contributed by atoms with Crippen LogP contribution < -0.4 is 19.1 Å². The van der Waals surface area contributed by atoms with E-state index in [4.69, 9.17) is 30.5 Å². The SMILES string of the molecule is COc1nn(C)cc1C(=O)NS1(=O)=NC(=O)c2ccc3c(c2)N(C[C@@H]2CC[C@H]2[C@@H](OC)/C=C\[C@H](OCc2ccncc2)[C@H](C)C1)C[C@@]1(CCCc2cc(Cl)ccc21)CO3. The van der Waals surface area contributed by atoms with E-state index < -0.39 is 33.8 Å². The minimum atomic E-state index is -3.80. The normalized spacial score (nSPS) is 28.5. The number of anilines is 1. The Kier molecular flexibility index (Phi) is 11.9. The van der Waals surface area contributed by atoms with Gasteiger partial charge in [-0.2, -0.15) is 0 Å². The largest absolute Gasteiger partial charge is 0.490 e. The van der Waals surface area contributed by atoms with Gasteiger partial charge in [-0.3, -0.25) is 24.0 Å². The van der Waals surface area contributed by atoms with E-state index in [9.17, 15) is 9.59 Å². The lowest BCUT2D eigenvalue weighted by Gasteiger charge is -2.46. The number of hydrogen-bond donors (Lipinski definition) is 1. The Hall–Kier alpha value is -4.76. The second-order valence-electron chi connectivity index (χ2n) is 16.3. The quantitative estimate of drug-likeness (QED) is 0.199. The summed E-state index contributed by atoms with van der Waals surface area (Å²) in [7, 11) is 0.978. The Morgan fingerprint density at radius 1 is 1.08 bits per heavy atom. The van der Waals surface area contributed by atoms with Crippen LogP contribution >= 0.6 is 11.6 Å². The maximum Gasteiger partial charge on any atom is 0.286 e.